The highest BCUT2D eigenvalue weighted by atomic mass is 16.3. The summed E-state index contributed by atoms with van der Waals surface area (Å²) < 4.78 is 0. The standard InChI is InChI=1S/C14H24N2O/c1-4-6-9-16(12(3)5-2)11-13-7-8-14(17)10-15-13/h7-8,10,12,17H,4-6,9,11H2,1-3H3. The molecule has 96 valence electrons. The second-order valence-electron chi connectivity index (χ2n) is 4.59. The number of pyridine rings is 1. The Morgan fingerprint density at radius 1 is 1.35 bits per heavy atom. The average Bonchev–Trinajstić information content (AvgIpc) is 2.36. The van der Waals surface area contributed by atoms with E-state index in [1.54, 1.807) is 6.07 Å². The van der Waals surface area contributed by atoms with E-state index in [4.69, 9.17) is 0 Å². The van der Waals surface area contributed by atoms with Crippen LogP contribution in [-0.4, -0.2) is 27.6 Å². The lowest BCUT2D eigenvalue weighted by molar-refractivity contribution is 0.190. The molecule has 1 atom stereocenters. The van der Waals surface area contributed by atoms with E-state index in [2.05, 4.69) is 30.7 Å². The van der Waals surface area contributed by atoms with Crippen molar-refractivity contribution in [3.63, 3.8) is 0 Å². The molecule has 0 fully saturated rings. The van der Waals surface area contributed by atoms with Gasteiger partial charge in [0.15, 0.2) is 0 Å². The Kier molecular flexibility index (Phi) is 5.98. The van der Waals surface area contributed by atoms with Crippen molar-refractivity contribution >= 4 is 0 Å². The van der Waals surface area contributed by atoms with Crippen LogP contribution in [0.1, 0.15) is 45.7 Å². The second kappa shape index (κ2) is 7.28. The number of hydrogen-bond donors (Lipinski definition) is 1. The normalized spacial score (nSPS) is 12.9. The fourth-order valence-corrected chi connectivity index (χ4v) is 1.79. The van der Waals surface area contributed by atoms with Crippen LogP contribution in [0, 0.1) is 0 Å². The predicted molar refractivity (Wildman–Crippen MR) is 71.0 cm³/mol. The van der Waals surface area contributed by atoms with Crippen LogP contribution in [0.4, 0.5) is 0 Å². The maximum atomic E-state index is 9.21. The van der Waals surface area contributed by atoms with E-state index in [0.717, 1.165) is 25.2 Å². The zero-order valence-corrected chi connectivity index (χ0v) is 11.2. The van der Waals surface area contributed by atoms with Crippen LogP contribution in [-0.2, 0) is 6.54 Å². The van der Waals surface area contributed by atoms with Crippen molar-refractivity contribution in [1.82, 2.24) is 9.88 Å². The van der Waals surface area contributed by atoms with Gasteiger partial charge < -0.3 is 5.11 Å². The van der Waals surface area contributed by atoms with Crippen molar-refractivity contribution in [1.29, 1.82) is 0 Å². The van der Waals surface area contributed by atoms with Crippen LogP contribution >= 0.6 is 0 Å². The molecule has 1 aromatic rings. The summed E-state index contributed by atoms with van der Waals surface area (Å²) in [6.45, 7) is 8.68. The van der Waals surface area contributed by atoms with E-state index < -0.39 is 0 Å². The summed E-state index contributed by atoms with van der Waals surface area (Å²) in [6.07, 6.45) is 5.12. The number of nitrogens with zero attached hydrogens (tertiary/aromatic N) is 2. The number of rotatable bonds is 7. The first-order valence-electron chi connectivity index (χ1n) is 6.55. The van der Waals surface area contributed by atoms with Crippen LogP contribution in [0.3, 0.4) is 0 Å². The minimum Gasteiger partial charge on any atom is -0.506 e. The summed E-state index contributed by atoms with van der Waals surface area (Å²) in [4.78, 5) is 6.71. The molecular formula is C14H24N2O. The van der Waals surface area contributed by atoms with Crippen LogP contribution < -0.4 is 0 Å². The van der Waals surface area contributed by atoms with Gasteiger partial charge in [0.1, 0.15) is 5.75 Å². The summed E-state index contributed by atoms with van der Waals surface area (Å²) in [5.41, 5.74) is 1.03. The van der Waals surface area contributed by atoms with Crippen LogP contribution in [0.25, 0.3) is 0 Å². The summed E-state index contributed by atoms with van der Waals surface area (Å²) >= 11 is 0. The van der Waals surface area contributed by atoms with E-state index in [-0.39, 0.29) is 5.75 Å². The Morgan fingerprint density at radius 2 is 2.12 bits per heavy atom. The maximum absolute atomic E-state index is 9.21. The molecule has 0 aromatic carbocycles. The lowest BCUT2D eigenvalue weighted by atomic mass is 10.2. The van der Waals surface area contributed by atoms with Gasteiger partial charge in [0.25, 0.3) is 0 Å². The lowest BCUT2D eigenvalue weighted by Crippen LogP contribution is -2.33. The maximum Gasteiger partial charge on any atom is 0.133 e. The molecule has 1 N–H and O–H groups in total. The summed E-state index contributed by atoms with van der Waals surface area (Å²) in [5.74, 6) is 0.234. The van der Waals surface area contributed by atoms with Crippen molar-refractivity contribution in [2.45, 2.75) is 52.6 Å². The largest absolute Gasteiger partial charge is 0.506 e. The predicted octanol–water partition coefficient (Wildman–Crippen LogP) is 3.19. The summed E-state index contributed by atoms with van der Waals surface area (Å²) in [7, 11) is 0. The van der Waals surface area contributed by atoms with Crippen molar-refractivity contribution < 1.29 is 5.11 Å². The SMILES string of the molecule is CCCCN(Cc1ccc(O)cn1)C(C)CC. The van der Waals surface area contributed by atoms with Gasteiger partial charge in [0, 0.05) is 12.6 Å². The highest BCUT2D eigenvalue weighted by molar-refractivity contribution is 5.17. The third kappa shape index (κ3) is 4.73. The van der Waals surface area contributed by atoms with Gasteiger partial charge in [-0.2, -0.15) is 0 Å². The monoisotopic (exact) mass is 236 g/mol. The Bertz CT molecular complexity index is 311. The minimum atomic E-state index is 0.234. The highest BCUT2D eigenvalue weighted by Gasteiger charge is 2.12. The van der Waals surface area contributed by atoms with E-state index in [0.29, 0.717) is 6.04 Å². The fraction of sp³-hybridized carbons (Fsp3) is 0.643. The molecule has 1 heterocycles. The van der Waals surface area contributed by atoms with Gasteiger partial charge in [-0.3, -0.25) is 9.88 Å². The van der Waals surface area contributed by atoms with Gasteiger partial charge in [-0.1, -0.05) is 20.3 Å². The zero-order chi connectivity index (χ0) is 12.7. The smallest absolute Gasteiger partial charge is 0.133 e. The highest BCUT2D eigenvalue weighted by Crippen LogP contribution is 2.12. The summed E-state index contributed by atoms with van der Waals surface area (Å²) in [5, 5.41) is 9.21. The lowest BCUT2D eigenvalue weighted by Gasteiger charge is -2.27. The molecule has 0 amide bonds. The molecule has 3 nitrogen and oxygen atoms in total. The minimum absolute atomic E-state index is 0.234. The van der Waals surface area contributed by atoms with Crippen LogP contribution in [0.2, 0.25) is 0 Å². The molecule has 0 radical (unpaired) electrons. The first-order valence-corrected chi connectivity index (χ1v) is 6.55. The van der Waals surface area contributed by atoms with Gasteiger partial charge in [-0.05, 0) is 38.4 Å². The van der Waals surface area contributed by atoms with Gasteiger partial charge in [0.05, 0.1) is 11.9 Å². The Balaban J connectivity index is 2.61. The number of aromatic hydroxyl groups is 1. The first kappa shape index (κ1) is 14.0. The average molecular weight is 236 g/mol. The van der Waals surface area contributed by atoms with E-state index in [1.807, 2.05) is 6.07 Å². The second-order valence-corrected chi connectivity index (χ2v) is 4.59. The van der Waals surface area contributed by atoms with Crippen molar-refractivity contribution in [2.24, 2.45) is 0 Å². The molecule has 1 rings (SSSR count). The Morgan fingerprint density at radius 3 is 2.65 bits per heavy atom. The quantitative estimate of drug-likeness (QED) is 0.790. The van der Waals surface area contributed by atoms with Crippen molar-refractivity contribution in [3.05, 3.63) is 24.0 Å². The molecule has 1 aromatic heterocycles. The molecule has 0 saturated carbocycles. The van der Waals surface area contributed by atoms with Crippen LogP contribution in [0.5, 0.6) is 5.75 Å². The zero-order valence-electron chi connectivity index (χ0n) is 11.2. The van der Waals surface area contributed by atoms with E-state index >= 15 is 0 Å². The fourth-order valence-electron chi connectivity index (χ4n) is 1.79. The Hall–Kier alpha value is -1.09. The van der Waals surface area contributed by atoms with Crippen molar-refractivity contribution in [3.8, 4) is 5.75 Å². The van der Waals surface area contributed by atoms with Gasteiger partial charge in [0.2, 0.25) is 0 Å². The molecule has 0 saturated heterocycles. The van der Waals surface area contributed by atoms with E-state index in [9.17, 15) is 5.11 Å². The molecule has 17 heavy (non-hydrogen) atoms. The van der Waals surface area contributed by atoms with Crippen LogP contribution in [0.15, 0.2) is 18.3 Å². The Labute approximate surface area is 104 Å². The molecule has 0 aliphatic carbocycles. The number of unbranched alkanes of at least 4 members (excludes halogenated alkanes) is 1. The third-order valence-corrected chi connectivity index (χ3v) is 3.19. The molecule has 1 unspecified atom stereocenters. The van der Waals surface area contributed by atoms with E-state index in [1.165, 1.54) is 19.0 Å². The number of hydrogen-bond acceptors (Lipinski definition) is 3. The topological polar surface area (TPSA) is 36.4 Å². The molecule has 3 heteroatoms. The van der Waals surface area contributed by atoms with Gasteiger partial charge >= 0.3 is 0 Å². The molecule has 0 bridgehead atoms. The van der Waals surface area contributed by atoms with Gasteiger partial charge in [-0.25, -0.2) is 0 Å². The molecule has 0 aliphatic rings. The van der Waals surface area contributed by atoms with Crippen molar-refractivity contribution in [2.75, 3.05) is 6.54 Å². The molecular weight excluding hydrogens is 212 g/mol. The summed E-state index contributed by atoms with van der Waals surface area (Å²) in [6, 6.07) is 4.19. The molecule has 0 aliphatic heterocycles. The van der Waals surface area contributed by atoms with Gasteiger partial charge in [-0.15, -0.1) is 0 Å². The first-order chi connectivity index (χ1) is 8.17. The molecule has 0 spiro atoms. The third-order valence-electron chi connectivity index (χ3n) is 3.19. The number of aromatic nitrogens is 1.